The van der Waals surface area contributed by atoms with E-state index in [0.717, 1.165) is 30.4 Å². The van der Waals surface area contributed by atoms with E-state index in [0.29, 0.717) is 16.9 Å². The largest absolute Gasteiger partial charge is 0.481 e. The fourth-order valence-corrected chi connectivity index (χ4v) is 4.47. The van der Waals surface area contributed by atoms with Gasteiger partial charge in [0.05, 0.1) is 13.0 Å². The van der Waals surface area contributed by atoms with Crippen LogP contribution in [0, 0.1) is 0 Å². The van der Waals surface area contributed by atoms with Gasteiger partial charge in [-0.3, -0.25) is 4.79 Å². The van der Waals surface area contributed by atoms with E-state index in [1.165, 1.54) is 0 Å². The Hall–Kier alpha value is -2.49. The van der Waals surface area contributed by atoms with Gasteiger partial charge in [-0.1, -0.05) is 62.7 Å². The van der Waals surface area contributed by atoms with Gasteiger partial charge < -0.3 is 35.0 Å². The van der Waals surface area contributed by atoms with Crippen molar-refractivity contribution in [3.8, 4) is 16.9 Å². The summed E-state index contributed by atoms with van der Waals surface area (Å²) < 4.78 is 11.8. The summed E-state index contributed by atoms with van der Waals surface area (Å²) in [4.78, 5) is 11.2. The first kappa shape index (κ1) is 26.1. The molecule has 0 aromatic heterocycles. The van der Waals surface area contributed by atoms with Crippen molar-refractivity contribution in [2.45, 2.75) is 76.2 Å². The summed E-state index contributed by atoms with van der Waals surface area (Å²) in [6, 6.07) is 12.9. The molecule has 1 unspecified atom stereocenters. The minimum atomic E-state index is -1.55. The highest BCUT2D eigenvalue weighted by molar-refractivity contribution is 5.75. The first-order valence-corrected chi connectivity index (χ1v) is 11.7. The number of rotatable bonds is 10. The molecule has 0 radical (unpaired) electrons. The summed E-state index contributed by atoms with van der Waals surface area (Å²) in [7, 11) is 0. The SMILES string of the molecule is CCCC(CC)c1cccc(-c2cccc(CC(=O)O)c2)c1O[C@H]1O[C@H](CO)[C@@H](O)[C@H](O)[C@@H]1O. The van der Waals surface area contributed by atoms with Gasteiger partial charge in [-0.25, -0.2) is 0 Å². The number of aliphatic carboxylic acids is 1. The third kappa shape index (κ3) is 5.76. The maximum absolute atomic E-state index is 11.2. The lowest BCUT2D eigenvalue weighted by Crippen LogP contribution is -2.60. The van der Waals surface area contributed by atoms with Crippen molar-refractivity contribution in [2.24, 2.45) is 0 Å². The van der Waals surface area contributed by atoms with Crippen LogP contribution in [0.25, 0.3) is 11.1 Å². The summed E-state index contributed by atoms with van der Waals surface area (Å²) in [5.74, 6) is -0.315. The number of aliphatic hydroxyl groups excluding tert-OH is 4. The summed E-state index contributed by atoms with van der Waals surface area (Å²) in [5.41, 5.74) is 2.97. The van der Waals surface area contributed by atoms with E-state index < -0.39 is 43.3 Å². The summed E-state index contributed by atoms with van der Waals surface area (Å²) >= 11 is 0. The molecule has 2 aromatic carbocycles. The van der Waals surface area contributed by atoms with Crippen LogP contribution in [-0.2, 0) is 16.0 Å². The lowest BCUT2D eigenvalue weighted by molar-refractivity contribution is -0.277. The van der Waals surface area contributed by atoms with Crippen LogP contribution in [0.2, 0.25) is 0 Å². The lowest BCUT2D eigenvalue weighted by atomic mass is 9.88. The van der Waals surface area contributed by atoms with Crippen molar-refractivity contribution in [3.63, 3.8) is 0 Å². The third-order valence-electron chi connectivity index (χ3n) is 6.29. The number of hydrogen-bond acceptors (Lipinski definition) is 7. The Kier molecular flexibility index (Phi) is 9.04. The molecule has 34 heavy (non-hydrogen) atoms. The van der Waals surface area contributed by atoms with Crippen molar-refractivity contribution in [3.05, 3.63) is 53.6 Å². The van der Waals surface area contributed by atoms with E-state index in [1.807, 2.05) is 24.3 Å². The Labute approximate surface area is 199 Å². The van der Waals surface area contributed by atoms with Gasteiger partial charge in [0, 0.05) is 5.56 Å². The molecular formula is C26H34O8. The van der Waals surface area contributed by atoms with Gasteiger partial charge in [0.2, 0.25) is 6.29 Å². The highest BCUT2D eigenvalue weighted by atomic mass is 16.7. The highest BCUT2D eigenvalue weighted by Crippen LogP contribution is 2.41. The van der Waals surface area contributed by atoms with Gasteiger partial charge in [0.15, 0.2) is 0 Å². The lowest BCUT2D eigenvalue weighted by Gasteiger charge is -2.40. The topological polar surface area (TPSA) is 137 Å². The molecule has 0 saturated carbocycles. The van der Waals surface area contributed by atoms with Crippen molar-refractivity contribution in [1.82, 2.24) is 0 Å². The fourth-order valence-electron chi connectivity index (χ4n) is 4.47. The van der Waals surface area contributed by atoms with E-state index in [1.54, 1.807) is 18.2 Å². The number of aliphatic hydroxyl groups is 4. The summed E-state index contributed by atoms with van der Waals surface area (Å²) in [6.07, 6.45) is -4.39. The van der Waals surface area contributed by atoms with Gasteiger partial charge in [-0.2, -0.15) is 0 Å². The molecule has 8 heteroatoms. The van der Waals surface area contributed by atoms with E-state index >= 15 is 0 Å². The number of benzene rings is 2. The number of para-hydroxylation sites is 1. The first-order valence-electron chi connectivity index (χ1n) is 11.7. The van der Waals surface area contributed by atoms with Crippen molar-refractivity contribution in [1.29, 1.82) is 0 Å². The number of carboxylic acids is 1. The normalized spacial score (nSPS) is 25.6. The van der Waals surface area contributed by atoms with Crippen molar-refractivity contribution >= 4 is 5.97 Å². The van der Waals surface area contributed by atoms with Crippen LogP contribution in [0.5, 0.6) is 5.75 Å². The second-order valence-electron chi connectivity index (χ2n) is 8.70. The fraction of sp³-hybridized carbons (Fsp3) is 0.500. The molecule has 1 aliphatic rings. The van der Waals surface area contributed by atoms with E-state index in [-0.39, 0.29) is 12.3 Å². The molecule has 1 heterocycles. The molecule has 6 atom stereocenters. The molecule has 3 rings (SSSR count). The second-order valence-corrected chi connectivity index (χ2v) is 8.70. The average molecular weight is 475 g/mol. The minimum Gasteiger partial charge on any atom is -0.481 e. The predicted octanol–water partition coefficient (Wildman–Crippen LogP) is 2.45. The van der Waals surface area contributed by atoms with Gasteiger partial charge in [-0.05, 0) is 35.4 Å². The number of hydrogen-bond donors (Lipinski definition) is 5. The maximum atomic E-state index is 11.2. The Morgan fingerprint density at radius 1 is 1.06 bits per heavy atom. The molecule has 186 valence electrons. The van der Waals surface area contributed by atoms with Crippen molar-refractivity contribution in [2.75, 3.05) is 6.61 Å². The monoisotopic (exact) mass is 474 g/mol. The number of ether oxygens (including phenoxy) is 2. The molecule has 5 N–H and O–H groups in total. The predicted molar refractivity (Wildman–Crippen MR) is 126 cm³/mol. The molecule has 1 fully saturated rings. The molecule has 1 aliphatic heterocycles. The molecule has 8 nitrogen and oxygen atoms in total. The van der Waals surface area contributed by atoms with Crippen LogP contribution in [0.1, 0.15) is 50.2 Å². The van der Waals surface area contributed by atoms with Gasteiger partial charge in [-0.15, -0.1) is 0 Å². The highest BCUT2D eigenvalue weighted by Gasteiger charge is 2.45. The van der Waals surface area contributed by atoms with Crippen LogP contribution in [0.3, 0.4) is 0 Å². The second kappa shape index (κ2) is 11.8. The zero-order valence-electron chi connectivity index (χ0n) is 19.5. The molecule has 1 saturated heterocycles. The van der Waals surface area contributed by atoms with Crippen LogP contribution in [-0.4, -0.2) is 68.8 Å². The maximum Gasteiger partial charge on any atom is 0.307 e. The zero-order valence-corrected chi connectivity index (χ0v) is 19.5. The standard InChI is InChI=1S/C26H34O8/c1-3-7-16(4-2)18-10-6-11-19(17-9-5-8-15(12-17)13-21(28)29)25(18)34-26-24(32)23(31)22(30)20(14-27)33-26/h5-6,8-12,16,20,22-24,26-27,30-32H,3-4,7,13-14H2,1-2H3,(H,28,29)/t16?,20-,22-,23+,24+,26-/m1/s1. The Morgan fingerprint density at radius 3 is 2.44 bits per heavy atom. The van der Waals surface area contributed by atoms with Gasteiger partial charge >= 0.3 is 5.97 Å². The molecule has 0 spiro atoms. The smallest absolute Gasteiger partial charge is 0.307 e. The molecule has 2 aromatic rings. The van der Waals surface area contributed by atoms with Gasteiger partial charge in [0.25, 0.3) is 0 Å². The number of carbonyl (C=O) groups is 1. The third-order valence-corrected chi connectivity index (χ3v) is 6.29. The van der Waals surface area contributed by atoms with Crippen molar-refractivity contribution < 1.29 is 39.8 Å². The Balaban J connectivity index is 2.08. The molecule has 0 bridgehead atoms. The Morgan fingerprint density at radius 2 is 1.79 bits per heavy atom. The average Bonchev–Trinajstić information content (AvgIpc) is 2.82. The van der Waals surface area contributed by atoms with Crippen LogP contribution >= 0.6 is 0 Å². The van der Waals surface area contributed by atoms with Crippen LogP contribution < -0.4 is 4.74 Å². The van der Waals surface area contributed by atoms with E-state index in [2.05, 4.69) is 13.8 Å². The molecule has 0 amide bonds. The minimum absolute atomic E-state index is 0.121. The molecular weight excluding hydrogens is 440 g/mol. The first-order chi connectivity index (χ1) is 16.3. The quantitative estimate of drug-likeness (QED) is 0.354. The zero-order chi connectivity index (χ0) is 24.8. The van der Waals surface area contributed by atoms with E-state index in [4.69, 9.17) is 9.47 Å². The molecule has 0 aliphatic carbocycles. The van der Waals surface area contributed by atoms with Crippen LogP contribution in [0.4, 0.5) is 0 Å². The van der Waals surface area contributed by atoms with Crippen LogP contribution in [0.15, 0.2) is 42.5 Å². The summed E-state index contributed by atoms with van der Waals surface area (Å²) in [6.45, 7) is 3.63. The van der Waals surface area contributed by atoms with Gasteiger partial charge in [0.1, 0.15) is 30.2 Å². The van der Waals surface area contributed by atoms with E-state index in [9.17, 15) is 30.3 Å². The number of carboxylic acid groups (broad SMARTS) is 1. The Bertz CT molecular complexity index is 960. The summed E-state index contributed by atoms with van der Waals surface area (Å²) in [5, 5.41) is 49.7.